The molecule has 0 fully saturated rings. The minimum atomic E-state index is 0.0678. The lowest BCUT2D eigenvalue weighted by Crippen LogP contribution is -2.09. The van der Waals surface area contributed by atoms with Gasteiger partial charge in [0.15, 0.2) is 0 Å². The molecule has 0 aliphatic heterocycles. The van der Waals surface area contributed by atoms with Crippen LogP contribution in [0.3, 0.4) is 0 Å². The monoisotopic (exact) mass is 202 g/mol. The normalized spacial score (nSPS) is 11.1. The van der Waals surface area contributed by atoms with Crippen LogP contribution in [0.4, 0.5) is 0 Å². The predicted molar refractivity (Wildman–Crippen MR) is 59.8 cm³/mol. The van der Waals surface area contributed by atoms with E-state index in [4.69, 9.17) is 4.42 Å². The molecule has 0 aliphatic rings. The molecule has 2 heteroatoms. The molecule has 0 saturated heterocycles. The Bertz CT molecular complexity index is 447. The van der Waals surface area contributed by atoms with Gasteiger partial charge in [0, 0.05) is 11.3 Å². The topological polar surface area (TPSA) is 30.2 Å². The minimum Gasteiger partial charge on any atom is -0.461 e. The SMILES string of the molecule is CC(C)C(=O)Cc1cc2ccccc2o1. The van der Waals surface area contributed by atoms with Gasteiger partial charge in [0.05, 0.1) is 6.42 Å². The van der Waals surface area contributed by atoms with Gasteiger partial charge >= 0.3 is 0 Å². The zero-order valence-electron chi connectivity index (χ0n) is 8.99. The van der Waals surface area contributed by atoms with Gasteiger partial charge in [0.2, 0.25) is 0 Å². The van der Waals surface area contributed by atoms with Crippen molar-refractivity contribution >= 4 is 16.8 Å². The van der Waals surface area contributed by atoms with Gasteiger partial charge in [-0.05, 0) is 12.1 Å². The molecule has 0 unspecified atom stereocenters. The summed E-state index contributed by atoms with van der Waals surface area (Å²) in [5.74, 6) is 1.04. The molecule has 1 heterocycles. The summed E-state index contributed by atoms with van der Waals surface area (Å²) in [5.41, 5.74) is 0.851. The maximum Gasteiger partial charge on any atom is 0.142 e. The molecular weight excluding hydrogens is 188 g/mol. The third kappa shape index (κ3) is 2.09. The average molecular weight is 202 g/mol. The number of para-hydroxylation sites is 1. The molecule has 1 aromatic heterocycles. The van der Waals surface area contributed by atoms with Crippen molar-refractivity contribution in [3.8, 4) is 0 Å². The van der Waals surface area contributed by atoms with E-state index >= 15 is 0 Å². The van der Waals surface area contributed by atoms with Crippen LogP contribution >= 0.6 is 0 Å². The number of furan rings is 1. The number of ketones is 1. The standard InChI is InChI=1S/C13H14O2/c1-9(2)12(14)8-11-7-10-5-3-4-6-13(10)15-11/h3-7,9H,8H2,1-2H3. The van der Waals surface area contributed by atoms with Crippen molar-refractivity contribution in [3.05, 3.63) is 36.1 Å². The lowest BCUT2D eigenvalue weighted by Gasteiger charge is -1.99. The van der Waals surface area contributed by atoms with Crippen molar-refractivity contribution in [3.63, 3.8) is 0 Å². The fourth-order valence-corrected chi connectivity index (χ4v) is 1.50. The molecule has 0 N–H and O–H groups in total. The van der Waals surface area contributed by atoms with E-state index in [-0.39, 0.29) is 11.7 Å². The Morgan fingerprint density at radius 3 is 2.73 bits per heavy atom. The third-order valence-electron chi connectivity index (χ3n) is 2.47. The molecule has 0 amide bonds. The van der Waals surface area contributed by atoms with Gasteiger partial charge in [-0.2, -0.15) is 0 Å². The highest BCUT2D eigenvalue weighted by atomic mass is 16.3. The number of rotatable bonds is 3. The Hall–Kier alpha value is -1.57. The highest BCUT2D eigenvalue weighted by molar-refractivity contribution is 5.84. The lowest BCUT2D eigenvalue weighted by molar-refractivity contribution is -0.121. The first-order chi connectivity index (χ1) is 7.16. The summed E-state index contributed by atoms with van der Waals surface area (Å²) in [6.07, 6.45) is 0.395. The van der Waals surface area contributed by atoms with Crippen molar-refractivity contribution in [2.45, 2.75) is 20.3 Å². The van der Waals surface area contributed by atoms with Gasteiger partial charge in [0.25, 0.3) is 0 Å². The fraction of sp³-hybridized carbons (Fsp3) is 0.308. The molecule has 1 aromatic carbocycles. The molecule has 2 aromatic rings. The van der Waals surface area contributed by atoms with Crippen LogP contribution in [0.2, 0.25) is 0 Å². The summed E-state index contributed by atoms with van der Waals surface area (Å²) in [6, 6.07) is 9.74. The maximum absolute atomic E-state index is 11.5. The van der Waals surface area contributed by atoms with Crippen LogP contribution in [0.5, 0.6) is 0 Å². The molecular formula is C13H14O2. The maximum atomic E-state index is 11.5. The van der Waals surface area contributed by atoms with Gasteiger partial charge in [-0.3, -0.25) is 4.79 Å². The van der Waals surface area contributed by atoms with E-state index in [9.17, 15) is 4.79 Å². The summed E-state index contributed by atoms with van der Waals surface area (Å²) >= 11 is 0. The molecule has 0 bridgehead atoms. The van der Waals surface area contributed by atoms with Gasteiger partial charge in [0.1, 0.15) is 17.1 Å². The number of carbonyl (C=O) groups excluding carboxylic acids is 1. The second kappa shape index (κ2) is 3.89. The third-order valence-corrected chi connectivity index (χ3v) is 2.47. The number of Topliss-reactive ketones (excluding diaryl/α,β-unsaturated/α-hetero) is 1. The van der Waals surface area contributed by atoms with Crippen molar-refractivity contribution in [1.82, 2.24) is 0 Å². The molecule has 0 radical (unpaired) electrons. The largest absolute Gasteiger partial charge is 0.461 e. The van der Waals surface area contributed by atoms with Crippen LogP contribution < -0.4 is 0 Å². The Morgan fingerprint density at radius 1 is 1.33 bits per heavy atom. The molecule has 0 aliphatic carbocycles. The van der Waals surface area contributed by atoms with E-state index < -0.39 is 0 Å². The summed E-state index contributed by atoms with van der Waals surface area (Å²) in [7, 11) is 0. The molecule has 2 nitrogen and oxygen atoms in total. The zero-order valence-corrected chi connectivity index (χ0v) is 8.99. The van der Waals surface area contributed by atoms with Crippen molar-refractivity contribution < 1.29 is 9.21 Å². The highest BCUT2D eigenvalue weighted by Crippen LogP contribution is 2.19. The summed E-state index contributed by atoms with van der Waals surface area (Å²) in [6.45, 7) is 3.82. The minimum absolute atomic E-state index is 0.0678. The molecule has 15 heavy (non-hydrogen) atoms. The summed E-state index contributed by atoms with van der Waals surface area (Å²) in [5, 5.41) is 1.06. The van der Waals surface area contributed by atoms with Crippen LogP contribution in [0.15, 0.2) is 34.7 Å². The predicted octanol–water partition coefficient (Wildman–Crippen LogP) is 3.20. The van der Waals surface area contributed by atoms with Crippen molar-refractivity contribution in [1.29, 1.82) is 0 Å². The number of benzene rings is 1. The number of hydrogen-bond acceptors (Lipinski definition) is 2. The molecule has 78 valence electrons. The summed E-state index contributed by atoms with van der Waals surface area (Å²) in [4.78, 5) is 11.5. The summed E-state index contributed by atoms with van der Waals surface area (Å²) < 4.78 is 5.57. The van der Waals surface area contributed by atoms with Crippen molar-refractivity contribution in [2.24, 2.45) is 5.92 Å². The fourth-order valence-electron chi connectivity index (χ4n) is 1.50. The van der Waals surface area contributed by atoms with Gasteiger partial charge in [-0.1, -0.05) is 32.0 Å². The second-order valence-electron chi connectivity index (χ2n) is 4.05. The number of carbonyl (C=O) groups is 1. The van der Waals surface area contributed by atoms with Gasteiger partial charge in [-0.25, -0.2) is 0 Å². The van der Waals surface area contributed by atoms with Crippen LogP contribution in [0, 0.1) is 5.92 Å². The number of hydrogen-bond donors (Lipinski definition) is 0. The molecule has 0 spiro atoms. The highest BCUT2D eigenvalue weighted by Gasteiger charge is 2.11. The van der Waals surface area contributed by atoms with Gasteiger partial charge in [-0.15, -0.1) is 0 Å². The second-order valence-corrected chi connectivity index (χ2v) is 4.05. The van der Waals surface area contributed by atoms with E-state index in [0.717, 1.165) is 16.7 Å². The molecule has 0 atom stereocenters. The number of fused-ring (bicyclic) bond motifs is 1. The first-order valence-corrected chi connectivity index (χ1v) is 5.17. The Kier molecular flexibility index (Phi) is 2.58. The molecule has 2 rings (SSSR count). The lowest BCUT2D eigenvalue weighted by atomic mass is 10.1. The van der Waals surface area contributed by atoms with Crippen LogP contribution in [-0.2, 0) is 11.2 Å². The van der Waals surface area contributed by atoms with E-state index in [2.05, 4.69) is 0 Å². The first-order valence-electron chi connectivity index (χ1n) is 5.17. The smallest absolute Gasteiger partial charge is 0.142 e. The molecule has 0 saturated carbocycles. The zero-order chi connectivity index (χ0) is 10.8. The van der Waals surface area contributed by atoms with Crippen LogP contribution in [0.25, 0.3) is 11.0 Å². The van der Waals surface area contributed by atoms with E-state index in [1.165, 1.54) is 0 Å². The Morgan fingerprint density at radius 2 is 2.07 bits per heavy atom. The first kappa shape index (κ1) is 9.97. The Labute approximate surface area is 88.9 Å². The van der Waals surface area contributed by atoms with E-state index in [0.29, 0.717) is 6.42 Å². The van der Waals surface area contributed by atoms with E-state index in [1.54, 1.807) is 0 Å². The quantitative estimate of drug-likeness (QED) is 0.765. The van der Waals surface area contributed by atoms with Crippen molar-refractivity contribution in [2.75, 3.05) is 0 Å². The average Bonchev–Trinajstić information content (AvgIpc) is 2.59. The van der Waals surface area contributed by atoms with Gasteiger partial charge < -0.3 is 4.42 Å². The van der Waals surface area contributed by atoms with Crippen LogP contribution in [-0.4, -0.2) is 5.78 Å². The van der Waals surface area contributed by atoms with E-state index in [1.807, 2.05) is 44.2 Å². The van der Waals surface area contributed by atoms with Crippen LogP contribution in [0.1, 0.15) is 19.6 Å². The Balaban J connectivity index is 2.26.